The van der Waals surface area contributed by atoms with Gasteiger partial charge in [0.1, 0.15) is 12.3 Å². The van der Waals surface area contributed by atoms with E-state index in [0.29, 0.717) is 5.56 Å². The normalized spacial score (nSPS) is 31.8. The molecule has 3 atom stereocenters. The van der Waals surface area contributed by atoms with Crippen LogP contribution in [0.3, 0.4) is 0 Å². The molecule has 7 nitrogen and oxygen atoms in total. The Morgan fingerprint density at radius 1 is 1.53 bits per heavy atom. The minimum atomic E-state index is -0.790. The monoisotopic (exact) mass is 268 g/mol. The number of rotatable bonds is 2. The van der Waals surface area contributed by atoms with E-state index in [4.69, 9.17) is 4.74 Å². The standard InChI is InChI=1S/C12H16N2O5/c1-6-4-14(11(18)13-9(6)17)10-12(2-3-12)8(16)7(5-15)19-10/h4,7-8,10,15-16H,2-3,5H2,1H3,(H,13,17,18)/t7-,8-,10-/m1/s1. The van der Waals surface area contributed by atoms with E-state index in [1.165, 1.54) is 10.8 Å². The number of aryl methyl sites for hydroxylation is 1. The number of ether oxygens (including phenoxy) is 1. The van der Waals surface area contributed by atoms with Crippen LogP contribution in [-0.4, -0.2) is 38.6 Å². The number of H-pyrrole nitrogens is 1. The van der Waals surface area contributed by atoms with Crippen LogP contribution in [-0.2, 0) is 4.74 Å². The van der Waals surface area contributed by atoms with Crippen LogP contribution in [0.4, 0.5) is 0 Å². The van der Waals surface area contributed by atoms with Gasteiger partial charge in [0.2, 0.25) is 0 Å². The van der Waals surface area contributed by atoms with E-state index in [1.807, 2.05) is 0 Å². The molecule has 104 valence electrons. The Morgan fingerprint density at radius 3 is 2.79 bits per heavy atom. The average molecular weight is 268 g/mol. The second-order valence-electron chi connectivity index (χ2n) is 5.37. The Morgan fingerprint density at radius 2 is 2.21 bits per heavy atom. The highest BCUT2D eigenvalue weighted by Crippen LogP contribution is 2.62. The molecular weight excluding hydrogens is 252 g/mol. The Kier molecular flexibility index (Phi) is 2.67. The van der Waals surface area contributed by atoms with Gasteiger partial charge in [-0.05, 0) is 19.8 Å². The molecule has 1 aliphatic carbocycles. The number of aromatic nitrogens is 2. The number of aliphatic hydroxyl groups excluding tert-OH is 2. The predicted octanol–water partition coefficient (Wildman–Crippen LogP) is -1.12. The summed E-state index contributed by atoms with van der Waals surface area (Å²) in [6, 6.07) is 0. The SMILES string of the molecule is Cc1cn([C@@H]2O[C@H](CO)[C@@H](O)C23CC3)c(=O)[nH]c1=O. The quantitative estimate of drug-likeness (QED) is 0.630. The van der Waals surface area contributed by atoms with Crippen molar-refractivity contribution in [3.05, 3.63) is 32.6 Å². The zero-order valence-electron chi connectivity index (χ0n) is 10.5. The van der Waals surface area contributed by atoms with Crippen molar-refractivity contribution in [2.75, 3.05) is 6.61 Å². The van der Waals surface area contributed by atoms with Crippen LogP contribution in [0.15, 0.2) is 15.8 Å². The van der Waals surface area contributed by atoms with E-state index >= 15 is 0 Å². The van der Waals surface area contributed by atoms with Crippen LogP contribution < -0.4 is 11.2 Å². The van der Waals surface area contributed by atoms with Crippen LogP contribution in [0.5, 0.6) is 0 Å². The fraction of sp³-hybridized carbons (Fsp3) is 0.667. The minimum Gasteiger partial charge on any atom is -0.394 e. The second kappa shape index (κ2) is 4.03. The topological polar surface area (TPSA) is 105 Å². The summed E-state index contributed by atoms with van der Waals surface area (Å²) in [4.78, 5) is 25.5. The highest BCUT2D eigenvalue weighted by Gasteiger charge is 2.64. The van der Waals surface area contributed by atoms with Gasteiger partial charge in [0.15, 0.2) is 0 Å². The van der Waals surface area contributed by atoms with E-state index in [-0.39, 0.29) is 6.61 Å². The van der Waals surface area contributed by atoms with Crippen LogP contribution >= 0.6 is 0 Å². The smallest absolute Gasteiger partial charge is 0.330 e. The summed E-state index contributed by atoms with van der Waals surface area (Å²) in [6.07, 6.45) is 0.800. The van der Waals surface area contributed by atoms with Crippen molar-refractivity contribution in [2.45, 2.75) is 38.2 Å². The van der Waals surface area contributed by atoms with Crippen molar-refractivity contribution in [3.8, 4) is 0 Å². The molecule has 1 aromatic heterocycles. The molecule has 0 radical (unpaired) electrons. The first-order valence-electron chi connectivity index (χ1n) is 6.26. The Labute approximate surface area is 108 Å². The summed E-state index contributed by atoms with van der Waals surface area (Å²) in [6.45, 7) is 1.31. The highest BCUT2D eigenvalue weighted by atomic mass is 16.5. The molecule has 0 aromatic carbocycles. The van der Waals surface area contributed by atoms with Crippen LogP contribution in [0.2, 0.25) is 0 Å². The fourth-order valence-electron chi connectivity index (χ4n) is 2.82. The molecule has 1 saturated heterocycles. The van der Waals surface area contributed by atoms with Gasteiger partial charge in [-0.2, -0.15) is 0 Å². The molecule has 2 aliphatic rings. The number of hydrogen-bond acceptors (Lipinski definition) is 5. The van der Waals surface area contributed by atoms with E-state index in [2.05, 4.69) is 4.98 Å². The Hall–Kier alpha value is -1.44. The maximum Gasteiger partial charge on any atom is 0.330 e. The minimum absolute atomic E-state index is 0.295. The maximum absolute atomic E-state index is 11.9. The third kappa shape index (κ3) is 1.69. The summed E-state index contributed by atoms with van der Waals surface area (Å²) in [5.41, 5.74) is -1.09. The van der Waals surface area contributed by atoms with Crippen molar-refractivity contribution in [2.24, 2.45) is 5.41 Å². The fourth-order valence-corrected chi connectivity index (χ4v) is 2.82. The molecule has 2 fully saturated rings. The lowest BCUT2D eigenvalue weighted by Gasteiger charge is -2.21. The molecule has 3 N–H and O–H groups in total. The van der Waals surface area contributed by atoms with Crippen LogP contribution in [0.1, 0.15) is 24.6 Å². The summed E-state index contributed by atoms with van der Waals surface area (Å²) in [7, 11) is 0. The van der Waals surface area contributed by atoms with Gasteiger partial charge < -0.3 is 14.9 Å². The first kappa shape index (κ1) is 12.6. The molecule has 0 amide bonds. The van der Waals surface area contributed by atoms with Gasteiger partial charge in [-0.3, -0.25) is 14.3 Å². The highest BCUT2D eigenvalue weighted by molar-refractivity contribution is 5.11. The third-order valence-electron chi connectivity index (χ3n) is 4.14. The van der Waals surface area contributed by atoms with Gasteiger partial charge in [0.25, 0.3) is 5.56 Å². The number of aromatic amines is 1. The Balaban J connectivity index is 2.06. The summed E-state index contributed by atoms with van der Waals surface area (Å²) < 4.78 is 6.91. The second-order valence-corrected chi connectivity index (χ2v) is 5.37. The van der Waals surface area contributed by atoms with Crippen LogP contribution in [0.25, 0.3) is 0 Å². The molecule has 3 rings (SSSR count). The molecular formula is C12H16N2O5. The van der Waals surface area contributed by atoms with Gasteiger partial charge in [0, 0.05) is 17.2 Å². The lowest BCUT2D eigenvalue weighted by molar-refractivity contribution is -0.0492. The van der Waals surface area contributed by atoms with Gasteiger partial charge in [0.05, 0.1) is 12.7 Å². The summed E-state index contributed by atoms with van der Waals surface area (Å²) in [5.74, 6) is 0. The number of nitrogens with zero attached hydrogens (tertiary/aromatic N) is 1. The molecule has 2 heterocycles. The van der Waals surface area contributed by atoms with E-state index in [9.17, 15) is 19.8 Å². The molecule has 1 spiro atoms. The van der Waals surface area contributed by atoms with Crippen molar-refractivity contribution >= 4 is 0 Å². The average Bonchev–Trinajstić information content (AvgIpc) is 3.11. The van der Waals surface area contributed by atoms with Gasteiger partial charge in [-0.1, -0.05) is 0 Å². The van der Waals surface area contributed by atoms with Gasteiger partial charge in [-0.15, -0.1) is 0 Å². The van der Waals surface area contributed by atoms with E-state index in [1.54, 1.807) is 6.92 Å². The summed E-state index contributed by atoms with van der Waals surface area (Å²) >= 11 is 0. The maximum atomic E-state index is 11.9. The zero-order valence-corrected chi connectivity index (χ0v) is 10.5. The van der Waals surface area contributed by atoms with Crippen molar-refractivity contribution in [1.82, 2.24) is 9.55 Å². The lowest BCUT2D eigenvalue weighted by atomic mass is 9.96. The molecule has 1 saturated carbocycles. The van der Waals surface area contributed by atoms with Gasteiger partial charge in [-0.25, -0.2) is 4.79 Å². The molecule has 1 aliphatic heterocycles. The van der Waals surface area contributed by atoms with Crippen molar-refractivity contribution in [1.29, 1.82) is 0 Å². The number of aliphatic hydroxyl groups is 2. The first-order chi connectivity index (χ1) is 8.99. The van der Waals surface area contributed by atoms with Gasteiger partial charge >= 0.3 is 5.69 Å². The molecule has 7 heteroatoms. The largest absolute Gasteiger partial charge is 0.394 e. The van der Waals surface area contributed by atoms with Crippen molar-refractivity contribution in [3.63, 3.8) is 0 Å². The lowest BCUT2D eigenvalue weighted by Crippen LogP contribution is -2.36. The third-order valence-corrected chi connectivity index (χ3v) is 4.14. The zero-order chi connectivity index (χ0) is 13.8. The number of nitrogens with one attached hydrogen (secondary N) is 1. The van der Waals surface area contributed by atoms with E-state index in [0.717, 1.165) is 12.8 Å². The first-order valence-corrected chi connectivity index (χ1v) is 6.26. The summed E-state index contributed by atoms with van der Waals surface area (Å²) in [5, 5.41) is 19.4. The molecule has 0 unspecified atom stereocenters. The molecule has 1 aromatic rings. The van der Waals surface area contributed by atoms with Crippen molar-refractivity contribution < 1.29 is 14.9 Å². The van der Waals surface area contributed by atoms with Crippen LogP contribution in [0, 0.1) is 12.3 Å². The van der Waals surface area contributed by atoms with E-state index < -0.39 is 35.1 Å². The Bertz CT molecular complexity index is 615. The number of hydrogen-bond donors (Lipinski definition) is 3. The molecule has 0 bridgehead atoms. The predicted molar refractivity (Wildman–Crippen MR) is 64.7 cm³/mol. The molecule has 19 heavy (non-hydrogen) atoms.